The summed E-state index contributed by atoms with van der Waals surface area (Å²) in [7, 11) is 0. The lowest BCUT2D eigenvalue weighted by Gasteiger charge is -2.27. The van der Waals surface area contributed by atoms with E-state index in [0.29, 0.717) is 24.9 Å². The Morgan fingerprint density at radius 2 is 2.04 bits per heavy atom. The fraction of sp³-hybridized carbons (Fsp3) is 0.619. The zero-order chi connectivity index (χ0) is 19.4. The molecule has 2 aromatic rings. The lowest BCUT2D eigenvalue weighted by Crippen LogP contribution is -2.37. The molecular formula is C21H32N4OS. The number of aromatic nitrogens is 2. The Labute approximate surface area is 166 Å². The zero-order valence-corrected chi connectivity index (χ0v) is 17.8. The van der Waals surface area contributed by atoms with Crippen molar-refractivity contribution in [1.82, 2.24) is 20.0 Å². The van der Waals surface area contributed by atoms with Crippen LogP contribution in [0.3, 0.4) is 0 Å². The highest BCUT2D eigenvalue weighted by atomic mass is 32.1. The summed E-state index contributed by atoms with van der Waals surface area (Å²) in [5, 5.41) is 9.94. The van der Waals surface area contributed by atoms with Gasteiger partial charge in [0.1, 0.15) is 0 Å². The smallest absolute Gasteiger partial charge is 0.224 e. The van der Waals surface area contributed by atoms with Crippen LogP contribution in [0, 0.1) is 19.8 Å². The van der Waals surface area contributed by atoms with E-state index in [1.165, 1.54) is 17.7 Å². The van der Waals surface area contributed by atoms with Crippen molar-refractivity contribution >= 4 is 17.2 Å². The molecule has 1 fully saturated rings. The van der Waals surface area contributed by atoms with Crippen molar-refractivity contribution in [3.63, 3.8) is 0 Å². The molecule has 27 heavy (non-hydrogen) atoms. The van der Waals surface area contributed by atoms with Gasteiger partial charge in [0, 0.05) is 29.2 Å². The van der Waals surface area contributed by atoms with Crippen LogP contribution in [0.5, 0.6) is 0 Å². The second-order valence-corrected chi connectivity index (χ2v) is 8.96. The molecule has 5 nitrogen and oxygen atoms in total. The van der Waals surface area contributed by atoms with Crippen LogP contribution in [-0.2, 0) is 17.8 Å². The van der Waals surface area contributed by atoms with Crippen LogP contribution in [0.15, 0.2) is 17.5 Å². The van der Waals surface area contributed by atoms with E-state index in [9.17, 15) is 4.79 Å². The van der Waals surface area contributed by atoms with Crippen LogP contribution >= 0.6 is 11.3 Å². The Hall–Kier alpha value is -1.66. The van der Waals surface area contributed by atoms with Gasteiger partial charge in [-0.3, -0.25) is 14.4 Å². The Balaban J connectivity index is 1.62. The van der Waals surface area contributed by atoms with Crippen LogP contribution in [0.1, 0.15) is 54.6 Å². The third-order valence-corrected chi connectivity index (χ3v) is 6.33. The summed E-state index contributed by atoms with van der Waals surface area (Å²) >= 11 is 1.78. The first-order valence-corrected chi connectivity index (χ1v) is 10.9. The number of thiophene rings is 1. The van der Waals surface area contributed by atoms with Crippen molar-refractivity contribution in [2.45, 2.75) is 59.5 Å². The second-order valence-electron chi connectivity index (χ2n) is 7.98. The summed E-state index contributed by atoms with van der Waals surface area (Å²) < 4.78 is 2.04. The minimum absolute atomic E-state index is 0.0889. The Kier molecular flexibility index (Phi) is 6.71. The summed E-state index contributed by atoms with van der Waals surface area (Å²) in [6.07, 6.45) is 2.92. The normalized spacial score (nSPS) is 16.2. The minimum atomic E-state index is 0.0889. The van der Waals surface area contributed by atoms with Crippen LogP contribution in [-0.4, -0.2) is 40.2 Å². The molecule has 1 N–H and O–H groups in total. The van der Waals surface area contributed by atoms with Crippen molar-refractivity contribution in [3.05, 3.63) is 39.3 Å². The van der Waals surface area contributed by atoms with Gasteiger partial charge < -0.3 is 5.32 Å². The van der Waals surface area contributed by atoms with E-state index in [0.717, 1.165) is 36.6 Å². The monoisotopic (exact) mass is 388 g/mol. The molecule has 6 heteroatoms. The van der Waals surface area contributed by atoms with Crippen LogP contribution < -0.4 is 5.32 Å². The maximum absolute atomic E-state index is 12.7. The third kappa shape index (κ3) is 4.99. The molecule has 1 aliphatic rings. The quantitative estimate of drug-likeness (QED) is 0.750. The van der Waals surface area contributed by atoms with E-state index >= 15 is 0 Å². The molecule has 148 valence electrons. The van der Waals surface area contributed by atoms with E-state index in [2.05, 4.69) is 53.6 Å². The van der Waals surface area contributed by atoms with Crippen LogP contribution in [0.2, 0.25) is 0 Å². The van der Waals surface area contributed by atoms with Gasteiger partial charge in [0.05, 0.1) is 18.2 Å². The highest BCUT2D eigenvalue weighted by Crippen LogP contribution is 2.28. The Bertz CT molecular complexity index is 745. The molecule has 2 aromatic heterocycles. The molecule has 0 aromatic carbocycles. The summed E-state index contributed by atoms with van der Waals surface area (Å²) in [6.45, 7) is 12.3. The van der Waals surface area contributed by atoms with Gasteiger partial charge in [0.2, 0.25) is 5.91 Å². The Morgan fingerprint density at radius 3 is 2.67 bits per heavy atom. The molecule has 0 bridgehead atoms. The number of carbonyl (C=O) groups is 1. The van der Waals surface area contributed by atoms with E-state index in [1.807, 2.05) is 11.6 Å². The number of carbonyl (C=O) groups excluding carboxylic acids is 1. The van der Waals surface area contributed by atoms with E-state index < -0.39 is 0 Å². The standard InChI is InChI=1S/C21H32N4OS/c1-15(2)14-25-17(4)18(16(3)23-25)12-21(26)22-13-19(20-8-7-11-27-20)24-9-5-6-10-24/h7-8,11,15,19H,5-6,9-10,12-14H2,1-4H3,(H,22,26). The molecule has 0 saturated carbocycles. The average molecular weight is 389 g/mol. The first-order chi connectivity index (χ1) is 13.0. The van der Waals surface area contributed by atoms with Gasteiger partial charge in [-0.05, 0) is 57.1 Å². The van der Waals surface area contributed by atoms with Gasteiger partial charge in [-0.2, -0.15) is 5.10 Å². The number of amides is 1. The number of hydrogen-bond donors (Lipinski definition) is 1. The van der Waals surface area contributed by atoms with Crippen molar-refractivity contribution in [2.24, 2.45) is 5.92 Å². The maximum Gasteiger partial charge on any atom is 0.224 e. The topological polar surface area (TPSA) is 50.2 Å². The Morgan fingerprint density at radius 1 is 1.30 bits per heavy atom. The van der Waals surface area contributed by atoms with Gasteiger partial charge in [-0.25, -0.2) is 0 Å². The number of nitrogens with zero attached hydrogens (tertiary/aromatic N) is 3. The number of aryl methyl sites for hydroxylation is 1. The molecule has 1 aliphatic heterocycles. The molecule has 0 spiro atoms. The first kappa shape index (κ1) is 20.1. The van der Waals surface area contributed by atoms with Gasteiger partial charge in [-0.15, -0.1) is 11.3 Å². The molecule has 3 rings (SSSR count). The zero-order valence-electron chi connectivity index (χ0n) is 17.0. The second kappa shape index (κ2) is 9.02. The van der Waals surface area contributed by atoms with E-state index in [1.54, 1.807) is 11.3 Å². The number of nitrogens with one attached hydrogen (secondary N) is 1. The van der Waals surface area contributed by atoms with Crippen molar-refractivity contribution in [3.8, 4) is 0 Å². The van der Waals surface area contributed by atoms with Gasteiger partial charge in [0.15, 0.2) is 0 Å². The average Bonchev–Trinajstić information content (AvgIpc) is 3.35. The van der Waals surface area contributed by atoms with E-state index in [4.69, 9.17) is 0 Å². The molecule has 1 atom stereocenters. The summed E-state index contributed by atoms with van der Waals surface area (Å²) in [5.74, 6) is 0.628. The number of rotatable bonds is 8. The number of likely N-dealkylation sites (tertiary alicyclic amines) is 1. The van der Waals surface area contributed by atoms with Crippen LogP contribution in [0.4, 0.5) is 0 Å². The lowest BCUT2D eigenvalue weighted by atomic mass is 10.1. The predicted molar refractivity (Wildman–Crippen MR) is 111 cm³/mol. The first-order valence-electron chi connectivity index (χ1n) is 10.0. The third-order valence-electron chi connectivity index (χ3n) is 5.35. The van der Waals surface area contributed by atoms with Gasteiger partial charge >= 0.3 is 0 Å². The van der Waals surface area contributed by atoms with Crippen LogP contribution in [0.25, 0.3) is 0 Å². The molecule has 1 unspecified atom stereocenters. The summed E-state index contributed by atoms with van der Waals surface area (Å²) in [6, 6.07) is 4.58. The highest BCUT2D eigenvalue weighted by molar-refractivity contribution is 7.10. The molecule has 1 saturated heterocycles. The summed E-state index contributed by atoms with van der Waals surface area (Å²) in [5.41, 5.74) is 3.16. The molecule has 1 amide bonds. The molecule has 0 aliphatic carbocycles. The minimum Gasteiger partial charge on any atom is -0.354 e. The molecule has 0 radical (unpaired) electrons. The maximum atomic E-state index is 12.7. The number of hydrogen-bond acceptors (Lipinski definition) is 4. The molecular weight excluding hydrogens is 356 g/mol. The lowest BCUT2D eigenvalue weighted by molar-refractivity contribution is -0.120. The van der Waals surface area contributed by atoms with Gasteiger partial charge in [0.25, 0.3) is 0 Å². The SMILES string of the molecule is Cc1nn(CC(C)C)c(C)c1CC(=O)NCC(c1cccs1)N1CCCC1. The fourth-order valence-corrected chi connectivity index (χ4v) is 4.75. The summed E-state index contributed by atoms with van der Waals surface area (Å²) in [4.78, 5) is 16.5. The van der Waals surface area contributed by atoms with Crippen molar-refractivity contribution in [2.75, 3.05) is 19.6 Å². The van der Waals surface area contributed by atoms with Crippen molar-refractivity contribution < 1.29 is 4.79 Å². The fourth-order valence-electron chi connectivity index (χ4n) is 3.89. The van der Waals surface area contributed by atoms with Crippen molar-refractivity contribution in [1.29, 1.82) is 0 Å². The van der Waals surface area contributed by atoms with Gasteiger partial charge in [-0.1, -0.05) is 19.9 Å². The predicted octanol–water partition coefficient (Wildman–Crippen LogP) is 3.71. The van der Waals surface area contributed by atoms with E-state index in [-0.39, 0.29) is 5.91 Å². The highest BCUT2D eigenvalue weighted by Gasteiger charge is 2.25. The molecule has 3 heterocycles. The largest absolute Gasteiger partial charge is 0.354 e.